The Bertz CT molecular complexity index is 1340. The number of benzene rings is 2. The lowest BCUT2D eigenvalue weighted by atomic mass is 9.91. The molecule has 13 heteroatoms. The van der Waals surface area contributed by atoms with Crippen molar-refractivity contribution in [1.29, 1.82) is 0 Å². The molecule has 37 heavy (non-hydrogen) atoms. The molecule has 0 bridgehead atoms. The third-order valence-electron chi connectivity index (χ3n) is 6.75. The van der Waals surface area contributed by atoms with Gasteiger partial charge < -0.3 is 15.1 Å². The summed E-state index contributed by atoms with van der Waals surface area (Å²) >= 11 is 6.10. The summed E-state index contributed by atoms with van der Waals surface area (Å²) in [5.74, 6) is -4.50. The van der Waals surface area contributed by atoms with Gasteiger partial charge in [-0.25, -0.2) is 9.18 Å². The Morgan fingerprint density at radius 3 is 2.68 bits per heavy atom. The average molecular weight is 540 g/mol. The molecule has 8 nitrogen and oxygen atoms in total. The van der Waals surface area contributed by atoms with Crippen LogP contribution in [0.5, 0.6) is 0 Å². The number of hydrogen-bond donors (Lipinski definition) is 2. The minimum Gasteiger partial charge on any atom is -0.330 e. The predicted octanol–water partition coefficient (Wildman–Crippen LogP) is 4.21. The number of hydroxylamine groups is 1. The second-order valence-electron chi connectivity index (χ2n) is 9.04. The monoisotopic (exact) mass is 539 g/mol. The second-order valence-corrected chi connectivity index (χ2v) is 9.48. The van der Waals surface area contributed by atoms with Crippen LogP contribution in [0.4, 0.5) is 23.2 Å². The standard InChI is InChI=1S/C24H22ClF4N5O3/c25-14-4-5-17-15(12-14)18(32-31-17)8-11-33-9-6-13(7-10-33)21-30-22(35)20-16(26)2-1-3-19(20)34(21)37-23(36)24(27,28)29/h1-5,12-13,21H,6-11H2,(H,30,35)(H,31,32). The van der Waals surface area contributed by atoms with Crippen molar-refractivity contribution >= 4 is 40.1 Å². The van der Waals surface area contributed by atoms with Crippen LogP contribution in [0, 0.1) is 11.7 Å². The number of aromatic amines is 1. The highest BCUT2D eigenvalue weighted by Gasteiger charge is 2.47. The number of fused-ring (bicyclic) bond motifs is 2. The SMILES string of the molecule is O=C1NC(C2CCN(CCc3n[nH]c4ccc(Cl)cc34)CC2)N(OC(=O)C(F)(F)F)c2cccc(F)c21. The molecule has 2 aromatic carbocycles. The third-order valence-corrected chi connectivity index (χ3v) is 6.98. The topological polar surface area (TPSA) is 90.6 Å². The van der Waals surface area contributed by atoms with Crippen LogP contribution in [0.15, 0.2) is 36.4 Å². The van der Waals surface area contributed by atoms with Gasteiger partial charge in [0.15, 0.2) is 0 Å². The normalized spacial score (nSPS) is 19.1. The lowest BCUT2D eigenvalue weighted by Crippen LogP contribution is -2.59. The summed E-state index contributed by atoms with van der Waals surface area (Å²) in [6.07, 6.45) is -4.67. The van der Waals surface area contributed by atoms with Crippen molar-refractivity contribution < 1.29 is 32.0 Å². The molecule has 196 valence electrons. The highest BCUT2D eigenvalue weighted by molar-refractivity contribution is 6.31. The zero-order valence-electron chi connectivity index (χ0n) is 19.3. The number of likely N-dealkylation sites (tertiary alicyclic amines) is 1. The summed E-state index contributed by atoms with van der Waals surface area (Å²) in [5.41, 5.74) is 1.06. The molecule has 1 saturated heterocycles. The molecule has 1 aromatic heterocycles. The first-order valence-corrected chi connectivity index (χ1v) is 12.0. The fourth-order valence-electron chi connectivity index (χ4n) is 4.88. The van der Waals surface area contributed by atoms with Crippen molar-refractivity contribution in [2.24, 2.45) is 5.92 Å². The van der Waals surface area contributed by atoms with E-state index in [1.54, 1.807) is 6.07 Å². The quantitative estimate of drug-likeness (QED) is 0.472. The third kappa shape index (κ3) is 5.08. The molecule has 2 aliphatic rings. The van der Waals surface area contributed by atoms with Crippen LogP contribution in [0.3, 0.4) is 0 Å². The molecule has 1 atom stereocenters. The zero-order chi connectivity index (χ0) is 26.3. The number of rotatable bonds is 5. The van der Waals surface area contributed by atoms with E-state index in [9.17, 15) is 27.2 Å². The maximum absolute atomic E-state index is 14.3. The molecule has 0 aliphatic carbocycles. The Labute approximate surface area is 213 Å². The van der Waals surface area contributed by atoms with Crippen LogP contribution in [-0.4, -0.2) is 59.0 Å². The Balaban J connectivity index is 1.28. The van der Waals surface area contributed by atoms with Crippen LogP contribution >= 0.6 is 11.6 Å². The van der Waals surface area contributed by atoms with Gasteiger partial charge in [-0.1, -0.05) is 17.7 Å². The van der Waals surface area contributed by atoms with Crippen molar-refractivity contribution in [2.75, 3.05) is 24.7 Å². The Kier molecular flexibility index (Phi) is 6.71. The first kappa shape index (κ1) is 25.3. The molecule has 1 amide bonds. The molecule has 2 aliphatic heterocycles. The molecule has 2 N–H and O–H groups in total. The number of nitrogens with zero attached hydrogens (tertiary/aromatic N) is 3. The highest BCUT2D eigenvalue weighted by atomic mass is 35.5. The van der Waals surface area contributed by atoms with Gasteiger partial charge in [0.05, 0.1) is 16.9 Å². The van der Waals surface area contributed by atoms with Crippen molar-refractivity contribution in [3.63, 3.8) is 0 Å². The fraction of sp³-hybridized carbons (Fsp3) is 0.375. The molecule has 0 radical (unpaired) electrons. The van der Waals surface area contributed by atoms with E-state index in [1.807, 2.05) is 12.1 Å². The average Bonchev–Trinajstić information content (AvgIpc) is 3.26. The number of aromatic nitrogens is 2. The van der Waals surface area contributed by atoms with Crippen molar-refractivity contribution in [3.05, 3.63) is 58.5 Å². The largest absolute Gasteiger partial charge is 0.493 e. The number of carbonyl (C=O) groups is 2. The number of nitrogens with one attached hydrogen (secondary N) is 2. The van der Waals surface area contributed by atoms with Gasteiger partial charge in [-0.2, -0.15) is 23.3 Å². The van der Waals surface area contributed by atoms with Gasteiger partial charge in [0.1, 0.15) is 17.5 Å². The van der Waals surface area contributed by atoms with Gasteiger partial charge in [-0.3, -0.25) is 9.89 Å². The van der Waals surface area contributed by atoms with E-state index in [-0.39, 0.29) is 11.6 Å². The number of halogens is 5. The van der Waals surface area contributed by atoms with Crippen LogP contribution < -0.4 is 10.4 Å². The summed E-state index contributed by atoms with van der Waals surface area (Å²) in [4.78, 5) is 31.2. The van der Waals surface area contributed by atoms with E-state index in [1.165, 1.54) is 12.1 Å². The number of carbonyl (C=O) groups excluding carboxylic acids is 2. The molecule has 0 spiro atoms. The molecule has 3 heterocycles. The van der Waals surface area contributed by atoms with Crippen LogP contribution in [0.1, 0.15) is 28.9 Å². The number of H-pyrrole nitrogens is 1. The summed E-state index contributed by atoms with van der Waals surface area (Å²) in [7, 11) is 0. The van der Waals surface area contributed by atoms with Crippen LogP contribution in [0.2, 0.25) is 5.02 Å². The molecule has 5 rings (SSSR count). The minimum atomic E-state index is -5.26. The van der Waals surface area contributed by atoms with Gasteiger partial charge >= 0.3 is 12.1 Å². The number of piperidine rings is 1. The molecular weight excluding hydrogens is 518 g/mol. The van der Waals surface area contributed by atoms with E-state index in [4.69, 9.17) is 11.6 Å². The smallest absolute Gasteiger partial charge is 0.330 e. The summed E-state index contributed by atoms with van der Waals surface area (Å²) in [5, 5.41) is 12.1. The van der Waals surface area contributed by atoms with E-state index in [2.05, 4.69) is 25.3 Å². The van der Waals surface area contributed by atoms with Gasteiger partial charge in [-0.05, 0) is 56.3 Å². The van der Waals surface area contributed by atoms with Crippen molar-refractivity contribution in [3.8, 4) is 0 Å². The van der Waals surface area contributed by atoms with E-state index in [0.717, 1.165) is 22.7 Å². The molecule has 1 unspecified atom stereocenters. The lowest BCUT2D eigenvalue weighted by molar-refractivity contribution is -0.203. The second kappa shape index (κ2) is 9.82. The Hall–Kier alpha value is -3.38. The summed E-state index contributed by atoms with van der Waals surface area (Å²) in [6, 6.07) is 9.00. The molecular formula is C24H22ClF4N5O3. The number of alkyl halides is 3. The maximum Gasteiger partial charge on any atom is 0.493 e. The van der Waals surface area contributed by atoms with Gasteiger partial charge in [-0.15, -0.1) is 0 Å². The predicted molar refractivity (Wildman–Crippen MR) is 126 cm³/mol. The van der Waals surface area contributed by atoms with Gasteiger partial charge in [0.25, 0.3) is 5.91 Å². The first-order chi connectivity index (χ1) is 17.6. The summed E-state index contributed by atoms with van der Waals surface area (Å²) < 4.78 is 53.3. The Morgan fingerprint density at radius 2 is 1.95 bits per heavy atom. The number of anilines is 1. The van der Waals surface area contributed by atoms with Crippen molar-refractivity contribution in [2.45, 2.75) is 31.6 Å². The lowest BCUT2D eigenvalue weighted by Gasteiger charge is -2.43. The van der Waals surface area contributed by atoms with Gasteiger partial charge in [0.2, 0.25) is 0 Å². The van der Waals surface area contributed by atoms with Crippen molar-refractivity contribution in [1.82, 2.24) is 20.4 Å². The molecule has 0 saturated carbocycles. The van der Waals surface area contributed by atoms with Crippen LogP contribution in [0.25, 0.3) is 10.9 Å². The highest BCUT2D eigenvalue weighted by Crippen LogP contribution is 2.35. The maximum atomic E-state index is 14.3. The minimum absolute atomic E-state index is 0.224. The fourth-order valence-corrected chi connectivity index (χ4v) is 5.05. The van der Waals surface area contributed by atoms with E-state index < -0.39 is 35.6 Å². The first-order valence-electron chi connectivity index (χ1n) is 11.6. The molecule has 1 fully saturated rings. The Morgan fingerprint density at radius 1 is 1.19 bits per heavy atom. The number of amides is 1. The van der Waals surface area contributed by atoms with E-state index in [0.29, 0.717) is 49.0 Å². The van der Waals surface area contributed by atoms with Crippen LogP contribution in [-0.2, 0) is 16.1 Å². The van der Waals surface area contributed by atoms with E-state index >= 15 is 0 Å². The van der Waals surface area contributed by atoms with Gasteiger partial charge in [0, 0.05) is 29.3 Å². The zero-order valence-corrected chi connectivity index (χ0v) is 20.1. The molecule has 3 aromatic rings. The summed E-state index contributed by atoms with van der Waals surface area (Å²) in [6.45, 7) is 1.88. The number of hydrogen-bond acceptors (Lipinski definition) is 6.